The highest BCUT2D eigenvalue weighted by Crippen LogP contribution is 2.33. The molecule has 1 aromatic rings. The molecular weight excluding hydrogens is 427 g/mol. The molecule has 164 valence electrons. The Labute approximate surface area is 176 Å². The van der Waals surface area contributed by atoms with Gasteiger partial charge in [0.2, 0.25) is 5.96 Å². The van der Waals surface area contributed by atoms with E-state index in [1.807, 2.05) is 0 Å². The summed E-state index contributed by atoms with van der Waals surface area (Å²) in [5.41, 5.74) is 0.598. The molecule has 0 aromatic heterocycles. The van der Waals surface area contributed by atoms with Crippen LogP contribution in [0.5, 0.6) is 5.75 Å². The smallest absolute Gasteiger partial charge is 0.400 e. The van der Waals surface area contributed by atoms with Crippen molar-refractivity contribution >= 4 is 35.0 Å². The average Bonchev–Trinajstić information content (AvgIpc) is 2.74. The van der Waals surface area contributed by atoms with E-state index < -0.39 is 18.6 Å². The van der Waals surface area contributed by atoms with Crippen molar-refractivity contribution in [2.75, 3.05) is 52.3 Å². The summed E-state index contributed by atoms with van der Waals surface area (Å²) >= 11 is 6.33. The molecule has 1 unspecified atom stereocenters. The fraction of sp³-hybridized carbons (Fsp3) is 0.500. The number of guanidine groups is 1. The van der Waals surface area contributed by atoms with Gasteiger partial charge in [0.1, 0.15) is 17.5 Å². The number of methoxy groups -OCH3 is 1. The molecule has 1 aromatic carbocycles. The lowest BCUT2D eigenvalue weighted by Gasteiger charge is -2.28. The molecule has 0 aliphatic carbocycles. The number of amidine groups is 1. The first-order valence-corrected chi connectivity index (χ1v) is 9.48. The van der Waals surface area contributed by atoms with E-state index in [0.29, 0.717) is 32.0 Å². The maximum atomic E-state index is 13.1. The van der Waals surface area contributed by atoms with E-state index in [4.69, 9.17) is 21.1 Å². The Bertz CT molecular complexity index is 869. The highest BCUT2D eigenvalue weighted by atomic mass is 35.5. The number of halogens is 4. The van der Waals surface area contributed by atoms with Crippen LogP contribution < -0.4 is 15.4 Å². The van der Waals surface area contributed by atoms with Crippen LogP contribution in [-0.4, -0.2) is 75.8 Å². The van der Waals surface area contributed by atoms with Crippen LogP contribution in [0, 0.1) is 5.92 Å². The zero-order valence-electron chi connectivity index (χ0n) is 16.3. The Hall–Kier alpha value is -2.53. The monoisotopic (exact) mass is 447 g/mol. The van der Waals surface area contributed by atoms with Crippen molar-refractivity contribution in [2.45, 2.75) is 6.18 Å². The molecule has 2 aliphatic rings. The summed E-state index contributed by atoms with van der Waals surface area (Å²) in [6.45, 7) is 1.31. The molecule has 8 nitrogen and oxygen atoms in total. The molecule has 0 radical (unpaired) electrons. The SMILES string of the molecule is CN=C1NC(Nc2cc(OC)c(C(=O)N3CCOCC3)cc2Cl)=NCC1C(F)(F)F. The zero-order chi connectivity index (χ0) is 21.9. The number of carbonyl (C=O) groups excluding carboxylic acids is 1. The summed E-state index contributed by atoms with van der Waals surface area (Å²) in [7, 11) is 2.68. The first-order valence-electron chi connectivity index (χ1n) is 9.11. The lowest BCUT2D eigenvalue weighted by Crippen LogP contribution is -2.49. The highest BCUT2D eigenvalue weighted by Gasteiger charge is 2.45. The number of nitrogens with one attached hydrogen (secondary N) is 2. The Morgan fingerprint density at radius 2 is 2.10 bits per heavy atom. The molecule has 0 saturated carbocycles. The van der Waals surface area contributed by atoms with Gasteiger partial charge in [-0.25, -0.2) is 0 Å². The number of nitrogens with zero attached hydrogens (tertiary/aromatic N) is 3. The number of hydrogen-bond acceptors (Lipinski definition) is 6. The average molecular weight is 448 g/mol. The Morgan fingerprint density at radius 1 is 1.40 bits per heavy atom. The van der Waals surface area contributed by atoms with E-state index in [-0.39, 0.29) is 34.0 Å². The van der Waals surface area contributed by atoms with E-state index in [2.05, 4.69) is 20.6 Å². The van der Waals surface area contributed by atoms with E-state index in [0.717, 1.165) is 0 Å². The predicted molar refractivity (Wildman–Crippen MR) is 107 cm³/mol. The number of morpholine rings is 1. The van der Waals surface area contributed by atoms with Gasteiger partial charge in [-0.1, -0.05) is 11.6 Å². The van der Waals surface area contributed by atoms with Crippen LogP contribution in [-0.2, 0) is 4.74 Å². The molecule has 0 spiro atoms. The fourth-order valence-corrected chi connectivity index (χ4v) is 3.32. The number of alkyl halides is 3. The Balaban J connectivity index is 1.82. The number of anilines is 1. The van der Waals surface area contributed by atoms with Crippen LogP contribution in [0.1, 0.15) is 10.4 Å². The number of rotatable bonds is 3. The summed E-state index contributed by atoms with van der Waals surface area (Å²) in [5.74, 6) is -1.96. The van der Waals surface area contributed by atoms with E-state index in [9.17, 15) is 18.0 Å². The van der Waals surface area contributed by atoms with Gasteiger partial charge in [0.15, 0.2) is 0 Å². The molecule has 1 fully saturated rings. The third-order valence-corrected chi connectivity index (χ3v) is 5.03. The van der Waals surface area contributed by atoms with Crippen molar-refractivity contribution in [3.8, 4) is 5.75 Å². The lowest BCUT2D eigenvalue weighted by molar-refractivity contribution is -0.153. The summed E-state index contributed by atoms with van der Waals surface area (Å²) in [6.07, 6.45) is -4.46. The number of aliphatic imine (C=N–C) groups is 2. The zero-order valence-corrected chi connectivity index (χ0v) is 17.1. The first-order chi connectivity index (χ1) is 14.2. The van der Waals surface area contributed by atoms with E-state index >= 15 is 0 Å². The van der Waals surface area contributed by atoms with Gasteiger partial charge in [-0.05, 0) is 6.07 Å². The second-order valence-corrected chi connectivity index (χ2v) is 6.99. The van der Waals surface area contributed by atoms with Crippen molar-refractivity contribution in [3.63, 3.8) is 0 Å². The maximum absolute atomic E-state index is 13.1. The van der Waals surface area contributed by atoms with Crippen molar-refractivity contribution < 1.29 is 27.4 Å². The van der Waals surface area contributed by atoms with Crippen molar-refractivity contribution in [2.24, 2.45) is 15.9 Å². The second kappa shape index (κ2) is 9.09. The van der Waals surface area contributed by atoms with Crippen LogP contribution in [0.3, 0.4) is 0 Å². The quantitative estimate of drug-likeness (QED) is 0.743. The van der Waals surface area contributed by atoms with Crippen molar-refractivity contribution in [1.82, 2.24) is 10.2 Å². The van der Waals surface area contributed by atoms with E-state index in [1.54, 1.807) is 4.90 Å². The molecule has 12 heteroatoms. The normalized spacial score (nSPS) is 21.1. The largest absolute Gasteiger partial charge is 0.496 e. The van der Waals surface area contributed by atoms with Gasteiger partial charge in [-0.3, -0.25) is 14.8 Å². The maximum Gasteiger partial charge on any atom is 0.400 e. The predicted octanol–water partition coefficient (Wildman–Crippen LogP) is 2.40. The van der Waals surface area contributed by atoms with Gasteiger partial charge in [-0.15, -0.1) is 0 Å². The summed E-state index contributed by atoms with van der Waals surface area (Å²) in [6, 6.07) is 2.95. The number of hydrogen-bond donors (Lipinski definition) is 2. The topological polar surface area (TPSA) is 87.6 Å². The van der Waals surface area contributed by atoms with Crippen LogP contribution in [0.2, 0.25) is 5.02 Å². The van der Waals surface area contributed by atoms with Crippen LogP contribution in [0.15, 0.2) is 22.1 Å². The second-order valence-electron chi connectivity index (χ2n) is 6.58. The highest BCUT2D eigenvalue weighted by molar-refractivity contribution is 6.34. The van der Waals surface area contributed by atoms with Crippen LogP contribution in [0.25, 0.3) is 0 Å². The molecule has 0 bridgehead atoms. The summed E-state index contributed by atoms with van der Waals surface area (Å²) in [5, 5.41) is 5.57. The molecular formula is C18H21ClF3N5O3. The molecule has 1 amide bonds. The minimum absolute atomic E-state index is 0.0623. The van der Waals surface area contributed by atoms with Gasteiger partial charge in [0, 0.05) is 26.2 Å². The molecule has 2 aliphatic heterocycles. The number of amides is 1. The van der Waals surface area contributed by atoms with E-state index in [1.165, 1.54) is 26.3 Å². The summed E-state index contributed by atoms with van der Waals surface area (Å²) in [4.78, 5) is 22.0. The minimum atomic E-state index is -4.46. The Kier molecular flexibility index (Phi) is 6.71. The number of carbonyl (C=O) groups is 1. The number of benzene rings is 1. The van der Waals surface area contributed by atoms with Gasteiger partial charge >= 0.3 is 6.18 Å². The molecule has 2 heterocycles. The van der Waals surface area contributed by atoms with Gasteiger partial charge in [0.05, 0.1) is 43.1 Å². The summed E-state index contributed by atoms with van der Waals surface area (Å²) < 4.78 is 49.8. The third-order valence-electron chi connectivity index (χ3n) is 4.72. The first kappa shape index (κ1) is 22.2. The molecule has 1 saturated heterocycles. The Morgan fingerprint density at radius 3 is 2.70 bits per heavy atom. The fourth-order valence-electron chi connectivity index (χ4n) is 3.11. The molecule has 3 rings (SSSR count). The molecule has 1 atom stereocenters. The molecule has 2 N–H and O–H groups in total. The van der Waals surface area contributed by atoms with Crippen LogP contribution in [0.4, 0.5) is 18.9 Å². The van der Waals surface area contributed by atoms with Crippen molar-refractivity contribution in [1.29, 1.82) is 0 Å². The number of ether oxygens (including phenoxy) is 2. The standard InChI is InChI=1S/C18H21ClF3N5O3/c1-23-15-11(18(20,21)22)9-24-17(26-15)25-13-8-14(29-2)10(7-12(13)19)16(28)27-3-5-30-6-4-27/h7-8,11H,3-6,9H2,1-2H3,(H2,23,24,25,26). The van der Waals surface area contributed by atoms with Gasteiger partial charge < -0.3 is 25.0 Å². The lowest BCUT2D eigenvalue weighted by atomic mass is 10.1. The van der Waals surface area contributed by atoms with Gasteiger partial charge in [0.25, 0.3) is 5.91 Å². The van der Waals surface area contributed by atoms with Gasteiger partial charge in [-0.2, -0.15) is 13.2 Å². The minimum Gasteiger partial charge on any atom is -0.496 e. The third kappa shape index (κ3) is 4.78. The molecule has 30 heavy (non-hydrogen) atoms. The van der Waals surface area contributed by atoms with Crippen LogP contribution >= 0.6 is 11.6 Å². The van der Waals surface area contributed by atoms with Crippen molar-refractivity contribution in [3.05, 3.63) is 22.7 Å².